The molecule has 1 rings (SSSR count). The summed E-state index contributed by atoms with van der Waals surface area (Å²) in [4.78, 5) is 0. The van der Waals surface area contributed by atoms with Gasteiger partial charge in [0.1, 0.15) is 0 Å². The fourth-order valence-electron chi connectivity index (χ4n) is 2.05. The summed E-state index contributed by atoms with van der Waals surface area (Å²) >= 11 is 0. The van der Waals surface area contributed by atoms with Crippen LogP contribution in [-0.2, 0) is 6.42 Å². The van der Waals surface area contributed by atoms with Gasteiger partial charge in [-0.1, -0.05) is 37.3 Å². The molecule has 0 heterocycles. The molecule has 0 amide bonds. The average Bonchev–Trinajstić information content (AvgIpc) is 2.35. The van der Waals surface area contributed by atoms with Crippen LogP contribution in [0.3, 0.4) is 0 Å². The maximum absolute atomic E-state index is 3.81. The molecule has 0 bridgehead atoms. The third-order valence-electron chi connectivity index (χ3n) is 3.13. The normalized spacial score (nSPS) is 12.4. The molecule has 94 valence electrons. The lowest BCUT2D eigenvalue weighted by Gasteiger charge is -2.19. The van der Waals surface area contributed by atoms with Gasteiger partial charge in [-0.3, -0.25) is 0 Å². The molecular formula is C16H25N. The second kappa shape index (κ2) is 8.08. The van der Waals surface area contributed by atoms with E-state index in [9.17, 15) is 0 Å². The van der Waals surface area contributed by atoms with Crippen molar-refractivity contribution in [1.82, 2.24) is 5.32 Å². The van der Waals surface area contributed by atoms with Gasteiger partial charge in [0.05, 0.1) is 0 Å². The van der Waals surface area contributed by atoms with Crippen molar-refractivity contribution < 1.29 is 0 Å². The summed E-state index contributed by atoms with van der Waals surface area (Å²) in [7, 11) is 0. The Morgan fingerprint density at radius 2 is 2.12 bits per heavy atom. The topological polar surface area (TPSA) is 12.0 Å². The van der Waals surface area contributed by atoms with E-state index in [4.69, 9.17) is 0 Å². The van der Waals surface area contributed by atoms with Crippen LogP contribution in [0.25, 0.3) is 0 Å². The fraction of sp³-hybridized carbons (Fsp3) is 0.500. The minimum absolute atomic E-state index is 0.578. The van der Waals surface area contributed by atoms with Crippen LogP contribution in [0.4, 0.5) is 0 Å². The predicted molar refractivity (Wildman–Crippen MR) is 76.4 cm³/mol. The van der Waals surface area contributed by atoms with Crippen LogP contribution >= 0.6 is 0 Å². The van der Waals surface area contributed by atoms with Crippen LogP contribution in [0.15, 0.2) is 36.9 Å². The standard InChI is InChI=1S/C16H25N/c1-4-6-11-16(17-12-5-2)13-15-10-8-7-9-14(15)3/h4,7-10,16-17H,1,5-6,11-13H2,2-3H3. The van der Waals surface area contributed by atoms with Crippen LogP contribution in [0.1, 0.15) is 37.3 Å². The second-order valence-corrected chi connectivity index (χ2v) is 4.65. The van der Waals surface area contributed by atoms with E-state index in [1.807, 2.05) is 6.08 Å². The molecule has 0 spiro atoms. The summed E-state index contributed by atoms with van der Waals surface area (Å²) in [5, 5.41) is 3.63. The first-order valence-electron chi connectivity index (χ1n) is 6.66. The van der Waals surface area contributed by atoms with Crippen LogP contribution in [0.2, 0.25) is 0 Å². The van der Waals surface area contributed by atoms with Gasteiger partial charge in [0.15, 0.2) is 0 Å². The number of benzene rings is 1. The largest absolute Gasteiger partial charge is 0.314 e. The Balaban J connectivity index is 2.57. The van der Waals surface area contributed by atoms with Gasteiger partial charge in [-0.05, 0) is 50.3 Å². The molecule has 0 saturated heterocycles. The SMILES string of the molecule is C=CCCC(Cc1ccccc1C)NCCC. The monoisotopic (exact) mass is 231 g/mol. The lowest BCUT2D eigenvalue weighted by atomic mass is 9.98. The molecule has 1 heteroatoms. The summed E-state index contributed by atoms with van der Waals surface area (Å²) in [5.41, 5.74) is 2.86. The summed E-state index contributed by atoms with van der Waals surface area (Å²) in [6.07, 6.45) is 6.60. The number of hydrogen-bond donors (Lipinski definition) is 1. The van der Waals surface area contributed by atoms with Crippen molar-refractivity contribution in [1.29, 1.82) is 0 Å². The number of rotatable bonds is 8. The lowest BCUT2D eigenvalue weighted by Crippen LogP contribution is -2.31. The highest BCUT2D eigenvalue weighted by atomic mass is 14.9. The third kappa shape index (κ3) is 5.18. The zero-order chi connectivity index (χ0) is 12.5. The van der Waals surface area contributed by atoms with Gasteiger partial charge in [-0.2, -0.15) is 0 Å². The first kappa shape index (κ1) is 14.0. The first-order valence-corrected chi connectivity index (χ1v) is 6.66. The Bertz CT molecular complexity index is 330. The van der Waals surface area contributed by atoms with E-state index < -0.39 is 0 Å². The van der Waals surface area contributed by atoms with E-state index in [0.29, 0.717) is 6.04 Å². The fourth-order valence-corrected chi connectivity index (χ4v) is 2.05. The molecule has 1 N–H and O–H groups in total. The van der Waals surface area contributed by atoms with E-state index in [1.165, 1.54) is 24.0 Å². The van der Waals surface area contributed by atoms with Gasteiger partial charge in [-0.15, -0.1) is 6.58 Å². The lowest BCUT2D eigenvalue weighted by molar-refractivity contribution is 0.480. The van der Waals surface area contributed by atoms with Crippen LogP contribution in [-0.4, -0.2) is 12.6 Å². The maximum atomic E-state index is 3.81. The van der Waals surface area contributed by atoms with E-state index in [0.717, 1.165) is 19.4 Å². The van der Waals surface area contributed by atoms with Crippen molar-refractivity contribution in [2.45, 2.75) is 45.6 Å². The van der Waals surface area contributed by atoms with Crippen molar-refractivity contribution in [2.24, 2.45) is 0 Å². The molecule has 0 aliphatic carbocycles. The second-order valence-electron chi connectivity index (χ2n) is 4.65. The molecule has 0 radical (unpaired) electrons. The zero-order valence-corrected chi connectivity index (χ0v) is 11.2. The number of allylic oxidation sites excluding steroid dienone is 1. The summed E-state index contributed by atoms with van der Waals surface area (Å²) < 4.78 is 0. The van der Waals surface area contributed by atoms with Crippen LogP contribution in [0, 0.1) is 6.92 Å². The van der Waals surface area contributed by atoms with Crippen LogP contribution < -0.4 is 5.32 Å². The highest BCUT2D eigenvalue weighted by Gasteiger charge is 2.09. The molecule has 0 aromatic heterocycles. The Morgan fingerprint density at radius 3 is 2.76 bits per heavy atom. The highest BCUT2D eigenvalue weighted by Crippen LogP contribution is 2.12. The van der Waals surface area contributed by atoms with Crippen molar-refractivity contribution >= 4 is 0 Å². The molecule has 1 aromatic carbocycles. The molecule has 0 saturated carbocycles. The van der Waals surface area contributed by atoms with Gasteiger partial charge in [0, 0.05) is 6.04 Å². The summed E-state index contributed by atoms with van der Waals surface area (Å²) in [6, 6.07) is 9.25. The minimum atomic E-state index is 0.578. The number of hydrogen-bond acceptors (Lipinski definition) is 1. The van der Waals surface area contributed by atoms with Crippen molar-refractivity contribution in [3.05, 3.63) is 48.0 Å². The van der Waals surface area contributed by atoms with E-state index in [2.05, 4.69) is 50.0 Å². The van der Waals surface area contributed by atoms with Crippen molar-refractivity contribution in [3.8, 4) is 0 Å². The molecule has 1 nitrogen and oxygen atoms in total. The van der Waals surface area contributed by atoms with Crippen LogP contribution in [0.5, 0.6) is 0 Å². The molecule has 1 aromatic rings. The van der Waals surface area contributed by atoms with E-state index in [-0.39, 0.29) is 0 Å². The molecule has 0 aliphatic heterocycles. The zero-order valence-electron chi connectivity index (χ0n) is 11.2. The first-order chi connectivity index (χ1) is 8.27. The predicted octanol–water partition coefficient (Wildman–Crippen LogP) is 3.87. The molecule has 17 heavy (non-hydrogen) atoms. The molecule has 1 unspecified atom stereocenters. The Labute approximate surface area is 106 Å². The summed E-state index contributed by atoms with van der Waals surface area (Å²) in [5.74, 6) is 0. The number of nitrogens with one attached hydrogen (secondary N) is 1. The average molecular weight is 231 g/mol. The van der Waals surface area contributed by atoms with Gasteiger partial charge in [0.2, 0.25) is 0 Å². The van der Waals surface area contributed by atoms with Gasteiger partial charge < -0.3 is 5.32 Å². The molecule has 0 fully saturated rings. The van der Waals surface area contributed by atoms with Gasteiger partial charge in [-0.25, -0.2) is 0 Å². The molecular weight excluding hydrogens is 206 g/mol. The highest BCUT2D eigenvalue weighted by molar-refractivity contribution is 5.26. The minimum Gasteiger partial charge on any atom is -0.314 e. The van der Waals surface area contributed by atoms with Crippen molar-refractivity contribution in [2.75, 3.05) is 6.54 Å². The van der Waals surface area contributed by atoms with E-state index >= 15 is 0 Å². The smallest absolute Gasteiger partial charge is 0.0110 e. The quantitative estimate of drug-likeness (QED) is 0.670. The Morgan fingerprint density at radius 1 is 1.35 bits per heavy atom. The van der Waals surface area contributed by atoms with E-state index in [1.54, 1.807) is 0 Å². The van der Waals surface area contributed by atoms with Gasteiger partial charge in [0.25, 0.3) is 0 Å². The third-order valence-corrected chi connectivity index (χ3v) is 3.13. The molecule has 0 aliphatic rings. The maximum Gasteiger partial charge on any atom is 0.0110 e. The summed E-state index contributed by atoms with van der Waals surface area (Å²) in [6.45, 7) is 9.32. The molecule has 1 atom stereocenters. The number of aryl methyl sites for hydroxylation is 1. The van der Waals surface area contributed by atoms with Gasteiger partial charge >= 0.3 is 0 Å². The Kier molecular flexibility index (Phi) is 6.64. The Hall–Kier alpha value is -1.08. The van der Waals surface area contributed by atoms with Crippen molar-refractivity contribution in [3.63, 3.8) is 0 Å².